The molecule has 0 aromatic heterocycles. The molecule has 0 bridgehead atoms. The predicted octanol–water partition coefficient (Wildman–Crippen LogP) is 0.573. The van der Waals surface area contributed by atoms with E-state index in [-0.39, 0.29) is 5.91 Å². The van der Waals surface area contributed by atoms with Crippen molar-refractivity contribution in [2.75, 3.05) is 33.8 Å². The SMILES string of the molecule is CCNC(=O)CN(C)Cc1ccc(OC)c(C#CCN)c1. The van der Waals surface area contributed by atoms with Gasteiger partial charge in [-0.25, -0.2) is 0 Å². The number of hydrogen-bond donors (Lipinski definition) is 2. The first-order valence-corrected chi connectivity index (χ1v) is 6.91. The van der Waals surface area contributed by atoms with E-state index >= 15 is 0 Å². The van der Waals surface area contributed by atoms with Crippen molar-refractivity contribution in [1.29, 1.82) is 0 Å². The van der Waals surface area contributed by atoms with E-state index in [4.69, 9.17) is 10.5 Å². The van der Waals surface area contributed by atoms with Crippen molar-refractivity contribution in [2.24, 2.45) is 5.73 Å². The molecular weight excluding hydrogens is 266 g/mol. The molecule has 0 heterocycles. The third-order valence-corrected chi connectivity index (χ3v) is 2.83. The van der Waals surface area contributed by atoms with Crippen molar-refractivity contribution in [3.63, 3.8) is 0 Å². The molecule has 0 aliphatic rings. The first kappa shape index (κ1) is 17.0. The Morgan fingerprint density at radius 2 is 2.24 bits per heavy atom. The average Bonchev–Trinajstić information content (AvgIpc) is 2.45. The van der Waals surface area contributed by atoms with Crippen LogP contribution >= 0.6 is 0 Å². The van der Waals surface area contributed by atoms with E-state index in [2.05, 4.69) is 17.2 Å². The second-order valence-electron chi connectivity index (χ2n) is 4.67. The minimum atomic E-state index is 0.0247. The Morgan fingerprint density at radius 3 is 2.86 bits per heavy atom. The number of methoxy groups -OCH3 is 1. The van der Waals surface area contributed by atoms with Gasteiger partial charge in [0.15, 0.2) is 0 Å². The Morgan fingerprint density at radius 1 is 1.48 bits per heavy atom. The molecule has 114 valence electrons. The summed E-state index contributed by atoms with van der Waals surface area (Å²) in [7, 11) is 3.52. The summed E-state index contributed by atoms with van der Waals surface area (Å²) in [6, 6.07) is 5.83. The smallest absolute Gasteiger partial charge is 0.234 e. The number of ether oxygens (including phenoxy) is 1. The molecule has 0 atom stereocenters. The fourth-order valence-electron chi connectivity index (χ4n) is 1.96. The number of nitrogens with zero attached hydrogens (tertiary/aromatic N) is 1. The monoisotopic (exact) mass is 289 g/mol. The number of rotatable bonds is 6. The van der Waals surface area contributed by atoms with Gasteiger partial charge < -0.3 is 15.8 Å². The topological polar surface area (TPSA) is 67.6 Å². The van der Waals surface area contributed by atoms with E-state index in [0.29, 0.717) is 26.2 Å². The van der Waals surface area contributed by atoms with Gasteiger partial charge in [-0.05, 0) is 31.7 Å². The van der Waals surface area contributed by atoms with Crippen LogP contribution in [0.5, 0.6) is 5.75 Å². The van der Waals surface area contributed by atoms with Crippen LogP contribution in [-0.4, -0.2) is 44.6 Å². The number of benzene rings is 1. The van der Waals surface area contributed by atoms with Gasteiger partial charge >= 0.3 is 0 Å². The Balaban J connectivity index is 2.77. The molecule has 0 aliphatic heterocycles. The maximum absolute atomic E-state index is 11.5. The van der Waals surface area contributed by atoms with Crippen LogP contribution < -0.4 is 15.8 Å². The van der Waals surface area contributed by atoms with Crippen LogP contribution in [0.3, 0.4) is 0 Å². The highest BCUT2D eigenvalue weighted by Crippen LogP contribution is 2.19. The Labute approximate surface area is 126 Å². The first-order valence-electron chi connectivity index (χ1n) is 6.91. The molecule has 0 saturated heterocycles. The summed E-state index contributed by atoms with van der Waals surface area (Å²) in [5.41, 5.74) is 7.29. The van der Waals surface area contributed by atoms with Crippen molar-refractivity contribution < 1.29 is 9.53 Å². The molecule has 0 aliphatic carbocycles. The van der Waals surface area contributed by atoms with Gasteiger partial charge in [-0.3, -0.25) is 9.69 Å². The van der Waals surface area contributed by atoms with Gasteiger partial charge in [0.2, 0.25) is 5.91 Å². The summed E-state index contributed by atoms with van der Waals surface area (Å²) in [4.78, 5) is 13.5. The van der Waals surface area contributed by atoms with Gasteiger partial charge in [-0.15, -0.1) is 0 Å². The van der Waals surface area contributed by atoms with Crippen molar-refractivity contribution in [3.05, 3.63) is 29.3 Å². The van der Waals surface area contributed by atoms with E-state index in [1.165, 1.54) is 0 Å². The van der Waals surface area contributed by atoms with Crippen molar-refractivity contribution >= 4 is 5.91 Å². The molecule has 0 radical (unpaired) electrons. The van der Waals surface area contributed by atoms with Gasteiger partial charge in [-0.1, -0.05) is 17.9 Å². The molecule has 5 heteroatoms. The van der Waals surface area contributed by atoms with Crippen LogP contribution in [0, 0.1) is 11.8 Å². The molecule has 1 aromatic carbocycles. The average molecular weight is 289 g/mol. The fraction of sp³-hybridized carbons (Fsp3) is 0.438. The molecular formula is C16H23N3O2. The molecule has 1 rings (SSSR count). The molecule has 1 amide bonds. The normalized spacial score (nSPS) is 9.95. The number of amides is 1. The minimum absolute atomic E-state index is 0.0247. The maximum Gasteiger partial charge on any atom is 0.234 e. The van der Waals surface area contributed by atoms with E-state index in [9.17, 15) is 4.79 Å². The second kappa shape index (κ2) is 9.01. The second-order valence-corrected chi connectivity index (χ2v) is 4.67. The van der Waals surface area contributed by atoms with Gasteiger partial charge in [0.25, 0.3) is 0 Å². The van der Waals surface area contributed by atoms with Crippen molar-refractivity contribution in [3.8, 4) is 17.6 Å². The molecule has 0 spiro atoms. The number of likely N-dealkylation sites (N-methyl/N-ethyl adjacent to an activating group) is 2. The number of carbonyl (C=O) groups is 1. The zero-order chi connectivity index (χ0) is 15.7. The Bertz CT molecular complexity index is 532. The Kier molecular flexibility index (Phi) is 7.30. The van der Waals surface area contributed by atoms with Gasteiger partial charge in [0.05, 0.1) is 25.8 Å². The third kappa shape index (κ3) is 5.86. The molecule has 3 N–H and O–H groups in total. The highest BCUT2D eigenvalue weighted by Gasteiger charge is 2.08. The van der Waals surface area contributed by atoms with Crippen molar-refractivity contribution in [2.45, 2.75) is 13.5 Å². The van der Waals surface area contributed by atoms with Gasteiger partial charge in [0, 0.05) is 13.1 Å². The molecule has 5 nitrogen and oxygen atoms in total. The summed E-state index contributed by atoms with van der Waals surface area (Å²) < 4.78 is 5.28. The summed E-state index contributed by atoms with van der Waals surface area (Å²) >= 11 is 0. The zero-order valence-corrected chi connectivity index (χ0v) is 12.9. The highest BCUT2D eigenvalue weighted by molar-refractivity contribution is 5.77. The highest BCUT2D eigenvalue weighted by atomic mass is 16.5. The summed E-state index contributed by atoms with van der Waals surface area (Å²) in [5, 5.41) is 2.78. The number of carbonyl (C=O) groups excluding carboxylic acids is 1. The molecule has 0 fully saturated rings. The van der Waals surface area contributed by atoms with E-state index in [0.717, 1.165) is 16.9 Å². The summed E-state index contributed by atoms with van der Waals surface area (Å²) in [6.07, 6.45) is 0. The van der Waals surface area contributed by atoms with E-state index in [1.54, 1.807) is 7.11 Å². The van der Waals surface area contributed by atoms with Crippen LogP contribution in [0.4, 0.5) is 0 Å². The zero-order valence-electron chi connectivity index (χ0n) is 12.9. The lowest BCUT2D eigenvalue weighted by Crippen LogP contribution is -2.34. The lowest BCUT2D eigenvalue weighted by Gasteiger charge is -2.16. The summed E-state index contributed by atoms with van der Waals surface area (Å²) in [5.74, 6) is 6.58. The lowest BCUT2D eigenvalue weighted by molar-refractivity contribution is -0.121. The van der Waals surface area contributed by atoms with Crippen LogP contribution in [0.25, 0.3) is 0 Å². The van der Waals surface area contributed by atoms with Crippen molar-refractivity contribution in [1.82, 2.24) is 10.2 Å². The van der Waals surface area contributed by atoms with Crippen LogP contribution in [0.2, 0.25) is 0 Å². The minimum Gasteiger partial charge on any atom is -0.495 e. The predicted molar refractivity (Wildman–Crippen MR) is 83.9 cm³/mol. The van der Waals surface area contributed by atoms with Crippen LogP contribution in [0.15, 0.2) is 18.2 Å². The van der Waals surface area contributed by atoms with Gasteiger partial charge in [-0.2, -0.15) is 0 Å². The molecule has 0 saturated carbocycles. The molecule has 21 heavy (non-hydrogen) atoms. The Hall–Kier alpha value is -2.03. The largest absolute Gasteiger partial charge is 0.495 e. The number of nitrogens with two attached hydrogens (primary N) is 1. The lowest BCUT2D eigenvalue weighted by atomic mass is 10.1. The van der Waals surface area contributed by atoms with E-state index < -0.39 is 0 Å². The number of nitrogens with one attached hydrogen (secondary N) is 1. The molecule has 0 unspecified atom stereocenters. The van der Waals surface area contributed by atoms with Gasteiger partial charge in [0.1, 0.15) is 5.75 Å². The van der Waals surface area contributed by atoms with E-state index in [1.807, 2.05) is 37.1 Å². The van der Waals surface area contributed by atoms with Crippen LogP contribution in [-0.2, 0) is 11.3 Å². The summed E-state index contributed by atoms with van der Waals surface area (Å²) in [6.45, 7) is 3.89. The maximum atomic E-state index is 11.5. The quantitative estimate of drug-likeness (QED) is 0.752. The number of hydrogen-bond acceptors (Lipinski definition) is 4. The van der Waals surface area contributed by atoms with Crippen LogP contribution in [0.1, 0.15) is 18.1 Å². The standard InChI is InChI=1S/C16H23N3O2/c1-4-18-16(20)12-19(2)11-13-7-8-15(21-3)14(10-13)6-5-9-17/h7-8,10H,4,9,11-12,17H2,1-3H3,(H,18,20). The molecule has 1 aromatic rings. The first-order chi connectivity index (χ1) is 10.1. The third-order valence-electron chi connectivity index (χ3n) is 2.83. The fourth-order valence-corrected chi connectivity index (χ4v) is 1.96.